The van der Waals surface area contributed by atoms with Gasteiger partial charge in [0.1, 0.15) is 12.0 Å². The van der Waals surface area contributed by atoms with Crippen molar-refractivity contribution in [1.29, 1.82) is 0 Å². The van der Waals surface area contributed by atoms with Crippen LogP contribution in [0.1, 0.15) is 22.9 Å². The number of aromatic nitrogens is 1. The van der Waals surface area contributed by atoms with Crippen molar-refractivity contribution in [3.8, 4) is 5.69 Å². The van der Waals surface area contributed by atoms with Gasteiger partial charge in [-0.2, -0.15) is 0 Å². The van der Waals surface area contributed by atoms with Crippen molar-refractivity contribution in [3.63, 3.8) is 0 Å². The molecule has 0 radical (unpaired) electrons. The van der Waals surface area contributed by atoms with E-state index in [0.717, 1.165) is 39.0 Å². The average molecular weight is 577 g/mol. The summed E-state index contributed by atoms with van der Waals surface area (Å²) in [5.41, 5.74) is 6.56. The summed E-state index contributed by atoms with van der Waals surface area (Å²) < 4.78 is 2.39. The Morgan fingerprint density at radius 1 is 0.511 bits per heavy atom. The molecule has 0 saturated carbocycles. The topological polar surface area (TPSA) is 41.7 Å². The standard InChI is InChI=1S/C41H28N4/c1-3-13-27(14-4-1)39-42-40(28-15-5-2-6-16-28)44-41(43-39)36-26-32(23-31-19-9-10-20-33(31)36)45-37-22-12-11-21-34(37)35-24-29-17-7-8-18-30(29)25-38(35)45/h1-26,39H,(H,42,43,44). The Bertz CT molecular complexity index is 2450. The van der Waals surface area contributed by atoms with Crippen molar-refractivity contribution < 1.29 is 0 Å². The molecule has 8 aromatic rings. The number of hydrogen-bond acceptors (Lipinski definition) is 3. The summed E-state index contributed by atoms with van der Waals surface area (Å²) in [6.45, 7) is 0. The van der Waals surface area contributed by atoms with Crippen LogP contribution in [0.4, 0.5) is 0 Å². The first-order valence-corrected chi connectivity index (χ1v) is 15.3. The first kappa shape index (κ1) is 25.5. The Morgan fingerprint density at radius 2 is 1.16 bits per heavy atom. The van der Waals surface area contributed by atoms with Crippen LogP contribution in [0.15, 0.2) is 168 Å². The van der Waals surface area contributed by atoms with Crippen molar-refractivity contribution in [2.75, 3.05) is 0 Å². The minimum atomic E-state index is -0.268. The van der Waals surface area contributed by atoms with Crippen LogP contribution in [-0.4, -0.2) is 16.2 Å². The van der Waals surface area contributed by atoms with Crippen LogP contribution in [0.5, 0.6) is 0 Å². The zero-order valence-electron chi connectivity index (χ0n) is 24.4. The molecule has 1 N–H and O–H groups in total. The molecule has 1 aliphatic heterocycles. The second-order valence-electron chi connectivity index (χ2n) is 11.5. The summed E-state index contributed by atoms with van der Waals surface area (Å²) in [6, 6.07) is 55.7. The van der Waals surface area contributed by atoms with Gasteiger partial charge in [0.25, 0.3) is 0 Å². The molecular weight excluding hydrogens is 548 g/mol. The molecule has 9 rings (SSSR count). The van der Waals surface area contributed by atoms with Gasteiger partial charge in [0.05, 0.1) is 11.0 Å². The second-order valence-corrected chi connectivity index (χ2v) is 11.5. The molecule has 45 heavy (non-hydrogen) atoms. The molecule has 0 fully saturated rings. The smallest absolute Gasteiger partial charge is 0.160 e. The number of benzene rings is 7. The van der Waals surface area contributed by atoms with Gasteiger partial charge in [-0.3, -0.25) is 0 Å². The van der Waals surface area contributed by atoms with E-state index < -0.39 is 0 Å². The Kier molecular flexibility index (Phi) is 5.85. The third-order valence-electron chi connectivity index (χ3n) is 8.79. The van der Waals surface area contributed by atoms with Crippen LogP contribution in [0, 0.1) is 0 Å². The highest BCUT2D eigenvalue weighted by Crippen LogP contribution is 2.37. The minimum Gasteiger partial charge on any atom is -0.344 e. The van der Waals surface area contributed by atoms with Gasteiger partial charge in [0.15, 0.2) is 5.84 Å². The normalized spacial score (nSPS) is 14.9. The zero-order chi connectivity index (χ0) is 29.7. The predicted octanol–water partition coefficient (Wildman–Crippen LogP) is 9.59. The lowest BCUT2D eigenvalue weighted by atomic mass is 10.0. The summed E-state index contributed by atoms with van der Waals surface area (Å²) in [7, 11) is 0. The highest BCUT2D eigenvalue weighted by atomic mass is 15.2. The number of hydrogen-bond donors (Lipinski definition) is 1. The van der Waals surface area contributed by atoms with Gasteiger partial charge in [0.2, 0.25) is 0 Å². The molecule has 0 bridgehead atoms. The minimum absolute atomic E-state index is 0.268. The van der Waals surface area contributed by atoms with Crippen molar-refractivity contribution in [1.82, 2.24) is 9.88 Å². The average Bonchev–Trinajstić information content (AvgIpc) is 3.44. The number of para-hydroxylation sites is 1. The number of nitrogens with one attached hydrogen (secondary N) is 1. The summed E-state index contributed by atoms with van der Waals surface area (Å²) in [6.07, 6.45) is -0.268. The lowest BCUT2D eigenvalue weighted by Gasteiger charge is -2.24. The number of nitrogens with zero attached hydrogens (tertiary/aromatic N) is 3. The summed E-state index contributed by atoms with van der Waals surface area (Å²) in [5.74, 6) is 1.53. The Morgan fingerprint density at radius 3 is 1.96 bits per heavy atom. The Balaban J connectivity index is 1.32. The molecule has 1 aliphatic rings. The molecule has 1 atom stereocenters. The molecule has 2 heterocycles. The van der Waals surface area contributed by atoms with Crippen molar-refractivity contribution >= 4 is 55.0 Å². The van der Waals surface area contributed by atoms with Crippen molar-refractivity contribution in [2.45, 2.75) is 6.17 Å². The lowest BCUT2D eigenvalue weighted by Crippen LogP contribution is -2.33. The van der Waals surface area contributed by atoms with Gasteiger partial charge in [-0.05, 0) is 57.4 Å². The van der Waals surface area contributed by atoms with Crippen LogP contribution >= 0.6 is 0 Å². The first-order valence-electron chi connectivity index (χ1n) is 15.3. The molecule has 0 saturated heterocycles. The third-order valence-corrected chi connectivity index (χ3v) is 8.79. The maximum atomic E-state index is 5.24. The van der Waals surface area contributed by atoms with E-state index in [9.17, 15) is 0 Å². The summed E-state index contributed by atoms with van der Waals surface area (Å²) >= 11 is 0. The van der Waals surface area contributed by atoms with E-state index in [1.807, 2.05) is 24.3 Å². The van der Waals surface area contributed by atoms with Gasteiger partial charge in [0, 0.05) is 27.6 Å². The highest BCUT2D eigenvalue weighted by molar-refractivity contribution is 6.19. The third kappa shape index (κ3) is 4.30. The fourth-order valence-corrected chi connectivity index (χ4v) is 6.66. The quantitative estimate of drug-likeness (QED) is 0.223. The van der Waals surface area contributed by atoms with Gasteiger partial charge in [-0.25, -0.2) is 9.98 Å². The molecule has 0 aliphatic carbocycles. The molecule has 4 heteroatoms. The van der Waals surface area contributed by atoms with E-state index in [1.54, 1.807) is 0 Å². The molecule has 0 amide bonds. The van der Waals surface area contributed by atoms with Crippen LogP contribution in [0.3, 0.4) is 0 Å². The number of rotatable bonds is 4. The van der Waals surface area contributed by atoms with E-state index in [4.69, 9.17) is 9.98 Å². The molecule has 1 unspecified atom stereocenters. The monoisotopic (exact) mass is 576 g/mol. The largest absolute Gasteiger partial charge is 0.344 e. The molecular formula is C41H28N4. The second kappa shape index (κ2) is 10.3. The van der Waals surface area contributed by atoms with Crippen LogP contribution in [-0.2, 0) is 0 Å². The molecule has 212 valence electrons. The molecule has 0 spiro atoms. The fraction of sp³-hybridized carbons (Fsp3) is 0.0244. The predicted molar refractivity (Wildman–Crippen MR) is 188 cm³/mol. The molecule has 1 aromatic heterocycles. The maximum Gasteiger partial charge on any atom is 0.160 e. The SMILES string of the molecule is c1ccc(C2=NC(c3cc(-n4c5ccccc5c5cc6ccccc6cc54)cc4ccccc34)=NC(c3ccccc3)N2)cc1. The lowest BCUT2D eigenvalue weighted by molar-refractivity contribution is 0.674. The Labute approximate surface area is 260 Å². The van der Waals surface area contributed by atoms with Gasteiger partial charge in [-0.1, -0.05) is 127 Å². The number of fused-ring (bicyclic) bond motifs is 5. The van der Waals surface area contributed by atoms with Crippen LogP contribution < -0.4 is 5.32 Å². The Hall–Kier alpha value is -6.00. The number of aliphatic imine (C=N–C) groups is 2. The molecule has 7 aromatic carbocycles. The van der Waals surface area contributed by atoms with Crippen LogP contribution in [0.2, 0.25) is 0 Å². The zero-order valence-corrected chi connectivity index (χ0v) is 24.4. The van der Waals surface area contributed by atoms with E-state index in [0.29, 0.717) is 5.84 Å². The van der Waals surface area contributed by atoms with Gasteiger partial charge in [-0.15, -0.1) is 0 Å². The number of amidine groups is 2. The summed E-state index contributed by atoms with van der Waals surface area (Å²) in [4.78, 5) is 10.4. The molecule has 4 nitrogen and oxygen atoms in total. The van der Waals surface area contributed by atoms with E-state index in [2.05, 4.69) is 143 Å². The highest BCUT2D eigenvalue weighted by Gasteiger charge is 2.23. The van der Waals surface area contributed by atoms with E-state index in [-0.39, 0.29) is 6.17 Å². The van der Waals surface area contributed by atoms with Crippen molar-refractivity contribution in [2.24, 2.45) is 9.98 Å². The fourth-order valence-electron chi connectivity index (χ4n) is 6.66. The summed E-state index contributed by atoms with van der Waals surface area (Å²) in [5, 5.41) is 10.8. The van der Waals surface area contributed by atoms with Gasteiger partial charge < -0.3 is 9.88 Å². The van der Waals surface area contributed by atoms with Gasteiger partial charge >= 0.3 is 0 Å². The van der Waals surface area contributed by atoms with E-state index >= 15 is 0 Å². The van der Waals surface area contributed by atoms with E-state index in [1.165, 1.54) is 32.6 Å². The van der Waals surface area contributed by atoms with Crippen LogP contribution in [0.25, 0.3) is 49.0 Å². The van der Waals surface area contributed by atoms with Crippen molar-refractivity contribution in [3.05, 3.63) is 174 Å². The first-order chi connectivity index (χ1) is 22.3. The maximum absolute atomic E-state index is 5.24.